The molecule has 4 rings (SSSR count). The van der Waals surface area contributed by atoms with Crippen LogP contribution >= 0.6 is 0 Å². The molecular formula is C22H24F2N2O3. The fourth-order valence-electron chi connectivity index (χ4n) is 4.36. The van der Waals surface area contributed by atoms with Crippen molar-refractivity contribution in [2.75, 3.05) is 13.1 Å². The van der Waals surface area contributed by atoms with Gasteiger partial charge in [0.25, 0.3) is 5.91 Å². The Balaban J connectivity index is 1.52. The molecule has 0 spiro atoms. The molecule has 1 saturated carbocycles. The molecule has 4 atom stereocenters. The first kappa shape index (κ1) is 19.8. The van der Waals surface area contributed by atoms with Crippen molar-refractivity contribution in [1.82, 2.24) is 10.2 Å². The Kier molecular flexibility index (Phi) is 5.78. The normalized spacial score (nSPS) is 27.1. The maximum atomic E-state index is 13.5. The van der Waals surface area contributed by atoms with Crippen LogP contribution in [0.15, 0.2) is 48.5 Å². The predicted molar refractivity (Wildman–Crippen MR) is 104 cm³/mol. The van der Waals surface area contributed by atoms with E-state index < -0.39 is 29.7 Å². The summed E-state index contributed by atoms with van der Waals surface area (Å²) in [6.07, 6.45) is 1.01. The number of nitrogens with one attached hydrogen (secondary N) is 1. The highest BCUT2D eigenvalue weighted by atomic mass is 19.1. The Hall–Kier alpha value is -2.51. The lowest BCUT2D eigenvalue weighted by Gasteiger charge is -2.32. The van der Waals surface area contributed by atoms with Crippen molar-refractivity contribution >= 4 is 5.91 Å². The number of ether oxygens (including phenoxy) is 1. The highest BCUT2D eigenvalue weighted by molar-refractivity contribution is 5.94. The summed E-state index contributed by atoms with van der Waals surface area (Å²) in [5.41, 5.74) is 0.231. The largest absolute Gasteiger partial charge is 0.487 e. The molecule has 2 N–H and O–H groups in total. The van der Waals surface area contributed by atoms with Crippen molar-refractivity contribution in [3.05, 3.63) is 65.7 Å². The number of amides is 1. The van der Waals surface area contributed by atoms with E-state index in [4.69, 9.17) is 4.74 Å². The summed E-state index contributed by atoms with van der Waals surface area (Å²) in [5, 5.41) is 13.9. The molecule has 29 heavy (non-hydrogen) atoms. The summed E-state index contributed by atoms with van der Waals surface area (Å²) in [6.45, 7) is 1.67. The summed E-state index contributed by atoms with van der Waals surface area (Å²) in [4.78, 5) is 14.8. The van der Waals surface area contributed by atoms with Gasteiger partial charge in [-0.15, -0.1) is 0 Å². The number of benzene rings is 2. The molecule has 1 heterocycles. The molecule has 0 bridgehead atoms. The number of carbonyl (C=O) groups excluding carboxylic acids is 1. The van der Waals surface area contributed by atoms with E-state index in [1.54, 1.807) is 18.2 Å². The molecular weight excluding hydrogens is 378 g/mol. The van der Waals surface area contributed by atoms with Crippen molar-refractivity contribution in [2.24, 2.45) is 0 Å². The van der Waals surface area contributed by atoms with Gasteiger partial charge in [0.05, 0.1) is 12.1 Å². The molecule has 1 aliphatic carbocycles. The Morgan fingerprint density at radius 1 is 1.07 bits per heavy atom. The number of hydrogen-bond donors (Lipinski definition) is 2. The minimum absolute atomic E-state index is 0.231. The molecule has 154 valence electrons. The van der Waals surface area contributed by atoms with Gasteiger partial charge >= 0.3 is 0 Å². The molecule has 5 nitrogen and oxygen atoms in total. The molecule has 0 unspecified atom stereocenters. The number of carbonyl (C=O) groups is 1. The molecule has 0 radical (unpaired) electrons. The Morgan fingerprint density at radius 2 is 1.76 bits per heavy atom. The number of rotatable bonds is 5. The topological polar surface area (TPSA) is 61.8 Å². The van der Waals surface area contributed by atoms with Gasteiger partial charge in [-0.2, -0.15) is 0 Å². The smallest absolute Gasteiger partial charge is 0.251 e. The molecule has 2 aromatic carbocycles. The maximum absolute atomic E-state index is 13.5. The standard InChI is InChI=1S/C22H24F2N2O3/c23-15-6-3-5-14(11-15)22(28)25-18-13-19(29-17-8-4-7-16(24)12-17)21(27)20(18)26-9-1-2-10-26/h3-8,11-12,18-21,27H,1-2,9-10,13H2,(H,25,28)/t18-,19-,20+,21+/m1/s1. The molecule has 7 heteroatoms. The van der Waals surface area contributed by atoms with Crippen molar-refractivity contribution in [3.63, 3.8) is 0 Å². The van der Waals surface area contributed by atoms with Crippen LogP contribution < -0.4 is 10.1 Å². The molecule has 2 fully saturated rings. The van der Waals surface area contributed by atoms with E-state index in [0.717, 1.165) is 25.9 Å². The number of aliphatic hydroxyl groups is 1. The lowest BCUT2D eigenvalue weighted by molar-refractivity contribution is 0.0138. The maximum Gasteiger partial charge on any atom is 0.251 e. The third kappa shape index (κ3) is 4.41. The number of nitrogens with zero attached hydrogens (tertiary/aromatic N) is 1. The van der Waals surface area contributed by atoms with Gasteiger partial charge in [-0.25, -0.2) is 8.78 Å². The van der Waals surface area contributed by atoms with Gasteiger partial charge in [0.1, 0.15) is 29.6 Å². The van der Waals surface area contributed by atoms with E-state index in [1.165, 1.54) is 30.3 Å². The van der Waals surface area contributed by atoms with Crippen LogP contribution in [0.5, 0.6) is 5.75 Å². The van der Waals surface area contributed by atoms with Crippen molar-refractivity contribution in [3.8, 4) is 5.75 Å². The van der Waals surface area contributed by atoms with Crippen LogP contribution in [0.2, 0.25) is 0 Å². The van der Waals surface area contributed by atoms with Crippen molar-refractivity contribution < 1.29 is 23.4 Å². The fourth-order valence-corrected chi connectivity index (χ4v) is 4.36. The lowest BCUT2D eigenvalue weighted by atomic mass is 10.1. The summed E-state index contributed by atoms with van der Waals surface area (Å²) >= 11 is 0. The highest BCUT2D eigenvalue weighted by Crippen LogP contribution is 2.31. The number of halogens is 2. The van der Waals surface area contributed by atoms with Crippen molar-refractivity contribution in [1.29, 1.82) is 0 Å². The fraction of sp³-hybridized carbons (Fsp3) is 0.409. The van der Waals surface area contributed by atoms with Crippen LogP contribution in [-0.2, 0) is 0 Å². The van der Waals surface area contributed by atoms with Crippen LogP contribution in [-0.4, -0.2) is 53.3 Å². The van der Waals surface area contributed by atoms with Crippen LogP contribution in [0.25, 0.3) is 0 Å². The van der Waals surface area contributed by atoms with Crippen LogP contribution in [0.1, 0.15) is 29.6 Å². The SMILES string of the molecule is O=C(N[C@@H]1C[C@@H](Oc2cccc(F)c2)[C@H](O)[C@H]1N1CCCC1)c1cccc(F)c1. The Bertz CT molecular complexity index is 873. The van der Waals surface area contributed by atoms with Crippen LogP contribution in [0, 0.1) is 11.6 Å². The zero-order valence-electron chi connectivity index (χ0n) is 15.9. The third-order valence-electron chi connectivity index (χ3n) is 5.68. The number of likely N-dealkylation sites (tertiary alicyclic amines) is 1. The third-order valence-corrected chi connectivity index (χ3v) is 5.68. The van der Waals surface area contributed by atoms with E-state index in [-0.39, 0.29) is 17.6 Å². The van der Waals surface area contributed by atoms with Gasteiger partial charge in [0.2, 0.25) is 0 Å². The van der Waals surface area contributed by atoms with Gasteiger partial charge in [0.15, 0.2) is 0 Å². The van der Waals surface area contributed by atoms with Crippen molar-refractivity contribution in [2.45, 2.75) is 43.6 Å². The minimum Gasteiger partial charge on any atom is -0.487 e. The number of aliphatic hydroxyl groups excluding tert-OH is 1. The van der Waals surface area contributed by atoms with Crippen LogP contribution in [0.3, 0.4) is 0 Å². The number of hydrogen-bond acceptors (Lipinski definition) is 4. The minimum atomic E-state index is -0.839. The molecule has 1 aliphatic heterocycles. The van der Waals surface area contributed by atoms with Gasteiger partial charge in [0, 0.05) is 18.1 Å². The quantitative estimate of drug-likeness (QED) is 0.808. The van der Waals surface area contributed by atoms with Crippen LogP contribution in [0.4, 0.5) is 8.78 Å². The monoisotopic (exact) mass is 402 g/mol. The molecule has 1 amide bonds. The Morgan fingerprint density at radius 3 is 2.45 bits per heavy atom. The second-order valence-electron chi connectivity index (χ2n) is 7.66. The van der Waals surface area contributed by atoms with Gasteiger partial charge in [-0.1, -0.05) is 12.1 Å². The first-order valence-corrected chi connectivity index (χ1v) is 9.92. The average molecular weight is 402 g/mol. The average Bonchev–Trinajstić information content (AvgIpc) is 3.30. The summed E-state index contributed by atoms with van der Waals surface area (Å²) in [5.74, 6) is -0.946. The zero-order chi connectivity index (χ0) is 20.4. The molecule has 2 aromatic rings. The highest BCUT2D eigenvalue weighted by Gasteiger charge is 2.47. The summed E-state index contributed by atoms with van der Waals surface area (Å²) in [6, 6.07) is 10.6. The Labute approximate surface area is 168 Å². The van der Waals surface area contributed by atoms with E-state index in [9.17, 15) is 18.7 Å². The summed E-state index contributed by atoms with van der Waals surface area (Å²) < 4.78 is 32.8. The zero-order valence-corrected chi connectivity index (χ0v) is 15.9. The van der Waals surface area contributed by atoms with E-state index in [0.29, 0.717) is 12.2 Å². The van der Waals surface area contributed by atoms with Gasteiger partial charge in [-0.05, 0) is 56.3 Å². The lowest BCUT2D eigenvalue weighted by Crippen LogP contribution is -2.52. The van der Waals surface area contributed by atoms with E-state index in [2.05, 4.69) is 10.2 Å². The summed E-state index contributed by atoms with van der Waals surface area (Å²) in [7, 11) is 0. The predicted octanol–water partition coefficient (Wildman–Crippen LogP) is 2.74. The van der Waals surface area contributed by atoms with E-state index >= 15 is 0 Å². The second-order valence-corrected chi connectivity index (χ2v) is 7.66. The van der Waals surface area contributed by atoms with Gasteiger partial charge in [-0.3, -0.25) is 9.69 Å². The molecule has 1 saturated heterocycles. The molecule has 2 aliphatic rings. The first-order valence-electron chi connectivity index (χ1n) is 9.92. The molecule has 0 aromatic heterocycles. The first-order chi connectivity index (χ1) is 14.0. The van der Waals surface area contributed by atoms with E-state index in [1.807, 2.05) is 0 Å². The second kappa shape index (κ2) is 8.47. The van der Waals surface area contributed by atoms with Gasteiger partial charge < -0.3 is 15.2 Å².